The molecule has 1 aliphatic rings. The molecule has 1 amide bonds. The van der Waals surface area contributed by atoms with Crippen LogP contribution in [-0.4, -0.2) is 50.9 Å². The summed E-state index contributed by atoms with van der Waals surface area (Å²) in [6.45, 7) is 11.1. The highest BCUT2D eigenvalue weighted by molar-refractivity contribution is 7.89. The summed E-state index contributed by atoms with van der Waals surface area (Å²) in [6.07, 6.45) is 0.167. The molecule has 0 bridgehead atoms. The van der Waals surface area contributed by atoms with Gasteiger partial charge in [-0.2, -0.15) is 0 Å². The van der Waals surface area contributed by atoms with Crippen molar-refractivity contribution in [3.8, 4) is 0 Å². The number of piperazine rings is 1. The number of aryl methyl sites for hydroxylation is 3. The van der Waals surface area contributed by atoms with Gasteiger partial charge in [-0.05, 0) is 45.7 Å². The first kappa shape index (κ1) is 19.9. The predicted octanol–water partition coefficient (Wildman–Crippen LogP) is 1.49. The highest BCUT2D eigenvalue weighted by atomic mass is 32.2. The number of hydrogen-bond acceptors (Lipinski definition) is 4. The number of hydrogen-bond donors (Lipinski definition) is 2. The Labute approximate surface area is 151 Å². The second-order valence-electron chi connectivity index (χ2n) is 6.95. The van der Waals surface area contributed by atoms with Crippen molar-refractivity contribution in [2.24, 2.45) is 0 Å². The number of sulfonamides is 1. The summed E-state index contributed by atoms with van der Waals surface area (Å²) < 4.78 is 27.8. The molecular weight excluding hydrogens is 338 g/mol. The van der Waals surface area contributed by atoms with Gasteiger partial charge in [0.25, 0.3) is 0 Å². The number of nitrogens with one attached hydrogen (secondary N) is 2. The number of rotatable bonds is 5. The van der Waals surface area contributed by atoms with Gasteiger partial charge in [-0.3, -0.25) is 4.79 Å². The minimum atomic E-state index is -3.62. The summed E-state index contributed by atoms with van der Waals surface area (Å²) in [6, 6.07) is 4.07. The lowest BCUT2D eigenvalue weighted by Gasteiger charge is -2.38. The molecule has 140 valence electrons. The molecule has 2 atom stereocenters. The smallest absolute Gasteiger partial charge is 0.241 e. The second kappa shape index (κ2) is 7.85. The summed E-state index contributed by atoms with van der Waals surface area (Å²) >= 11 is 0. The zero-order valence-corrected chi connectivity index (χ0v) is 16.5. The van der Waals surface area contributed by atoms with Crippen LogP contribution >= 0.6 is 0 Å². The molecule has 2 rings (SSSR count). The van der Waals surface area contributed by atoms with Gasteiger partial charge in [0.05, 0.1) is 4.90 Å². The first-order valence-electron chi connectivity index (χ1n) is 8.74. The molecule has 2 N–H and O–H groups in total. The minimum Gasteiger partial charge on any atom is -0.337 e. The van der Waals surface area contributed by atoms with E-state index < -0.39 is 10.0 Å². The molecule has 0 aliphatic carbocycles. The Morgan fingerprint density at radius 1 is 1.24 bits per heavy atom. The molecule has 7 heteroatoms. The third-order valence-corrected chi connectivity index (χ3v) is 6.62. The third kappa shape index (κ3) is 4.59. The average molecular weight is 368 g/mol. The lowest BCUT2D eigenvalue weighted by Crippen LogP contribution is -2.57. The van der Waals surface area contributed by atoms with Crippen LogP contribution in [0.1, 0.15) is 37.0 Å². The summed E-state index contributed by atoms with van der Waals surface area (Å²) in [4.78, 5) is 14.6. The summed E-state index contributed by atoms with van der Waals surface area (Å²) in [7, 11) is -3.62. The van der Waals surface area contributed by atoms with E-state index >= 15 is 0 Å². The zero-order chi connectivity index (χ0) is 18.8. The summed E-state index contributed by atoms with van der Waals surface area (Å²) in [5.74, 6) is -0.0131. The highest BCUT2D eigenvalue weighted by Gasteiger charge is 2.28. The maximum absolute atomic E-state index is 12.6. The van der Waals surface area contributed by atoms with Crippen molar-refractivity contribution in [3.05, 3.63) is 28.8 Å². The van der Waals surface area contributed by atoms with Crippen molar-refractivity contribution in [2.45, 2.75) is 58.0 Å². The van der Waals surface area contributed by atoms with Gasteiger partial charge in [-0.25, -0.2) is 13.1 Å². The Bertz CT molecular complexity index is 723. The molecular formula is C18H29N3O3S. The second-order valence-corrected chi connectivity index (χ2v) is 8.65. The van der Waals surface area contributed by atoms with Gasteiger partial charge in [-0.1, -0.05) is 17.7 Å². The standard InChI is InChI=1S/C18H29N3O3S/c1-12-10-13(2)18(14(3)11-12)25(23,24)20-7-6-17(22)21-9-8-19-15(4)16(21)5/h10-11,15-16,19-20H,6-9H2,1-5H3. The van der Waals surface area contributed by atoms with Crippen LogP contribution in [0.3, 0.4) is 0 Å². The normalized spacial score (nSPS) is 21.4. The van der Waals surface area contributed by atoms with Gasteiger partial charge < -0.3 is 10.2 Å². The van der Waals surface area contributed by atoms with E-state index in [1.165, 1.54) is 0 Å². The molecule has 1 aromatic carbocycles. The van der Waals surface area contributed by atoms with E-state index in [2.05, 4.69) is 17.0 Å². The summed E-state index contributed by atoms with van der Waals surface area (Å²) in [5, 5.41) is 3.33. The van der Waals surface area contributed by atoms with Crippen LogP contribution in [0.25, 0.3) is 0 Å². The van der Waals surface area contributed by atoms with Gasteiger partial charge in [-0.15, -0.1) is 0 Å². The molecule has 6 nitrogen and oxygen atoms in total. The molecule has 2 unspecified atom stereocenters. The molecule has 1 aromatic rings. The van der Waals surface area contributed by atoms with Crippen LogP contribution in [0, 0.1) is 20.8 Å². The van der Waals surface area contributed by atoms with E-state index in [-0.39, 0.29) is 31.0 Å². The van der Waals surface area contributed by atoms with E-state index in [1.54, 1.807) is 13.8 Å². The van der Waals surface area contributed by atoms with E-state index in [0.29, 0.717) is 11.4 Å². The quantitative estimate of drug-likeness (QED) is 0.826. The summed E-state index contributed by atoms with van der Waals surface area (Å²) in [5.41, 5.74) is 2.48. The maximum Gasteiger partial charge on any atom is 0.241 e. The van der Waals surface area contributed by atoms with E-state index in [0.717, 1.165) is 23.2 Å². The fourth-order valence-corrected chi connectivity index (χ4v) is 4.99. The Balaban J connectivity index is 2.00. The predicted molar refractivity (Wildman–Crippen MR) is 99.1 cm³/mol. The van der Waals surface area contributed by atoms with E-state index in [1.807, 2.05) is 30.9 Å². The highest BCUT2D eigenvalue weighted by Crippen LogP contribution is 2.21. The Morgan fingerprint density at radius 3 is 2.44 bits per heavy atom. The molecule has 1 aliphatic heterocycles. The van der Waals surface area contributed by atoms with Crippen molar-refractivity contribution in [1.29, 1.82) is 0 Å². The van der Waals surface area contributed by atoms with Crippen molar-refractivity contribution >= 4 is 15.9 Å². The number of nitrogens with zero attached hydrogens (tertiary/aromatic N) is 1. The zero-order valence-electron chi connectivity index (χ0n) is 15.7. The average Bonchev–Trinajstić information content (AvgIpc) is 2.48. The maximum atomic E-state index is 12.6. The number of carbonyl (C=O) groups is 1. The van der Waals surface area contributed by atoms with Gasteiger partial charge in [0.15, 0.2) is 0 Å². The molecule has 0 radical (unpaired) electrons. The molecule has 1 saturated heterocycles. The molecule has 25 heavy (non-hydrogen) atoms. The minimum absolute atomic E-state index is 0.0131. The largest absolute Gasteiger partial charge is 0.337 e. The van der Waals surface area contributed by atoms with Crippen molar-refractivity contribution in [3.63, 3.8) is 0 Å². The molecule has 0 spiro atoms. The van der Waals surface area contributed by atoms with Gasteiger partial charge in [0, 0.05) is 38.1 Å². The van der Waals surface area contributed by atoms with Gasteiger partial charge >= 0.3 is 0 Å². The van der Waals surface area contributed by atoms with Gasteiger partial charge in [0.1, 0.15) is 0 Å². The fraction of sp³-hybridized carbons (Fsp3) is 0.611. The fourth-order valence-electron chi connectivity index (χ4n) is 3.51. The number of benzene rings is 1. The molecule has 0 aromatic heterocycles. The van der Waals surface area contributed by atoms with E-state index in [4.69, 9.17) is 0 Å². The lowest BCUT2D eigenvalue weighted by molar-refractivity contribution is -0.134. The van der Waals surface area contributed by atoms with Crippen LogP contribution in [0.5, 0.6) is 0 Å². The first-order valence-corrected chi connectivity index (χ1v) is 10.2. The Morgan fingerprint density at radius 2 is 1.84 bits per heavy atom. The van der Waals surface area contributed by atoms with Crippen LogP contribution in [0.2, 0.25) is 0 Å². The Kier molecular flexibility index (Phi) is 6.24. The molecule has 1 fully saturated rings. The topological polar surface area (TPSA) is 78.5 Å². The van der Waals surface area contributed by atoms with Crippen LogP contribution in [0.15, 0.2) is 17.0 Å². The number of amides is 1. The van der Waals surface area contributed by atoms with E-state index in [9.17, 15) is 13.2 Å². The van der Waals surface area contributed by atoms with Crippen LogP contribution in [-0.2, 0) is 14.8 Å². The molecule has 1 heterocycles. The monoisotopic (exact) mass is 367 g/mol. The molecule has 0 saturated carbocycles. The van der Waals surface area contributed by atoms with Crippen molar-refractivity contribution in [1.82, 2.24) is 14.9 Å². The van der Waals surface area contributed by atoms with Crippen molar-refractivity contribution < 1.29 is 13.2 Å². The SMILES string of the molecule is Cc1cc(C)c(S(=O)(=O)NCCC(=O)N2CCNC(C)C2C)c(C)c1. The van der Waals surface area contributed by atoms with Crippen LogP contribution < -0.4 is 10.0 Å². The van der Waals surface area contributed by atoms with Crippen LogP contribution in [0.4, 0.5) is 0 Å². The third-order valence-electron chi connectivity index (χ3n) is 4.86. The Hall–Kier alpha value is -1.44. The number of carbonyl (C=O) groups excluding carboxylic acids is 1. The lowest BCUT2D eigenvalue weighted by atomic mass is 10.1. The van der Waals surface area contributed by atoms with Crippen molar-refractivity contribution in [2.75, 3.05) is 19.6 Å². The van der Waals surface area contributed by atoms with Gasteiger partial charge in [0.2, 0.25) is 15.9 Å². The first-order chi connectivity index (χ1) is 11.6.